The van der Waals surface area contributed by atoms with Crippen LogP contribution in [-0.2, 0) is 6.42 Å². The maximum atomic E-state index is 12.6. The standard InChI is InChI=1S/C25H41N3O/c1-2-3-4-5-6-7-8-9-10-11-13-21-15-17-22(18-16-21)24(29)20-28-19-12-14-23(28)25(26)27/h15-18,23H,2-14,19-20H2,1H3,(H3,26,27)/p+1/t23-/m1/s1. The van der Waals surface area contributed by atoms with Gasteiger partial charge in [0.2, 0.25) is 0 Å². The quantitative estimate of drug-likeness (QED) is 0.203. The van der Waals surface area contributed by atoms with Crippen LogP contribution in [0.2, 0.25) is 0 Å². The van der Waals surface area contributed by atoms with E-state index < -0.39 is 0 Å². The zero-order valence-corrected chi connectivity index (χ0v) is 18.5. The Kier molecular flexibility index (Phi) is 11.0. The molecule has 1 aromatic rings. The summed E-state index contributed by atoms with van der Waals surface area (Å²) in [5.41, 5.74) is 7.90. The van der Waals surface area contributed by atoms with E-state index in [-0.39, 0.29) is 11.8 Å². The highest BCUT2D eigenvalue weighted by atomic mass is 16.1. The number of likely N-dealkylation sites (tertiary alicyclic amines) is 1. The summed E-state index contributed by atoms with van der Waals surface area (Å²) in [7, 11) is 0. The van der Waals surface area contributed by atoms with Crippen molar-refractivity contribution in [3.05, 3.63) is 35.4 Å². The third-order valence-corrected chi connectivity index (χ3v) is 6.19. The fourth-order valence-electron chi connectivity index (χ4n) is 4.34. The molecule has 0 bridgehead atoms. The number of Topliss-reactive ketones (excluding diaryl/α,β-unsaturated/α-hetero) is 1. The van der Waals surface area contributed by atoms with Crippen molar-refractivity contribution in [3.8, 4) is 0 Å². The van der Waals surface area contributed by atoms with Crippen molar-refractivity contribution in [2.24, 2.45) is 5.73 Å². The van der Waals surface area contributed by atoms with Gasteiger partial charge in [-0.05, 0) is 37.8 Å². The van der Waals surface area contributed by atoms with Crippen molar-refractivity contribution >= 4 is 11.6 Å². The molecule has 4 heteroatoms. The number of hydrogen-bond donors (Lipinski definition) is 2. The molecule has 1 aromatic carbocycles. The minimum absolute atomic E-state index is 0.0505. The summed E-state index contributed by atoms with van der Waals surface area (Å²) in [4.78, 5) is 14.7. The lowest BCUT2D eigenvalue weighted by Crippen LogP contribution is -2.57. The zero-order chi connectivity index (χ0) is 20.9. The molecule has 0 radical (unpaired) electrons. The highest BCUT2D eigenvalue weighted by Crippen LogP contribution is 2.18. The number of carbonyl (C=O) groups excluding carboxylic acids is 1. The summed E-state index contributed by atoms with van der Waals surface area (Å²) in [5.74, 6) is 0.589. The molecule has 0 saturated carbocycles. The van der Waals surface area contributed by atoms with E-state index in [1.165, 1.54) is 69.8 Å². The van der Waals surface area contributed by atoms with Crippen LogP contribution >= 0.6 is 0 Å². The van der Waals surface area contributed by atoms with Crippen molar-refractivity contribution in [1.82, 2.24) is 4.90 Å². The SMILES string of the molecule is CCCCCCCCCCCCc1ccc(C(=O)CN2CCC[C@@H]2C(N)=[NH2+])cc1. The molecule has 0 spiro atoms. The summed E-state index contributed by atoms with van der Waals surface area (Å²) in [6.45, 7) is 3.57. The number of benzene rings is 1. The fourth-order valence-corrected chi connectivity index (χ4v) is 4.34. The average Bonchev–Trinajstić information content (AvgIpc) is 3.18. The van der Waals surface area contributed by atoms with Gasteiger partial charge in [-0.1, -0.05) is 89.0 Å². The molecule has 0 aliphatic carbocycles. The first-order chi connectivity index (χ1) is 14.1. The topological polar surface area (TPSA) is 71.9 Å². The van der Waals surface area contributed by atoms with E-state index in [4.69, 9.17) is 11.1 Å². The summed E-state index contributed by atoms with van der Waals surface area (Å²) in [6, 6.07) is 8.25. The molecular weight excluding hydrogens is 358 g/mol. The Labute approximate surface area is 177 Å². The number of aryl methyl sites for hydroxylation is 1. The van der Waals surface area contributed by atoms with Crippen molar-refractivity contribution in [3.63, 3.8) is 0 Å². The van der Waals surface area contributed by atoms with Crippen molar-refractivity contribution in [2.75, 3.05) is 13.1 Å². The number of carbonyl (C=O) groups is 1. The highest BCUT2D eigenvalue weighted by Gasteiger charge is 2.31. The number of unbranched alkanes of at least 4 members (excludes halogenated alkanes) is 9. The van der Waals surface area contributed by atoms with Gasteiger partial charge in [0, 0.05) is 5.56 Å². The lowest BCUT2D eigenvalue weighted by Gasteiger charge is -2.20. The van der Waals surface area contributed by atoms with Gasteiger partial charge in [-0.2, -0.15) is 0 Å². The van der Waals surface area contributed by atoms with Gasteiger partial charge >= 0.3 is 0 Å². The molecule has 4 N–H and O–H groups in total. The summed E-state index contributed by atoms with van der Waals surface area (Å²) in [5, 5.41) is 5.77. The minimum Gasteiger partial charge on any atom is -0.293 e. The summed E-state index contributed by atoms with van der Waals surface area (Å²) < 4.78 is 0. The highest BCUT2D eigenvalue weighted by molar-refractivity contribution is 5.98. The van der Waals surface area contributed by atoms with Crippen LogP contribution in [0, 0.1) is 0 Å². The number of ketones is 1. The Morgan fingerprint density at radius 3 is 2.17 bits per heavy atom. The molecule has 2 rings (SSSR count). The van der Waals surface area contributed by atoms with Gasteiger partial charge in [0.05, 0.1) is 6.54 Å². The maximum absolute atomic E-state index is 12.6. The normalized spacial score (nSPS) is 16.9. The van der Waals surface area contributed by atoms with Gasteiger partial charge in [-0.25, -0.2) is 0 Å². The molecule has 162 valence electrons. The van der Waals surface area contributed by atoms with Gasteiger partial charge in [0.1, 0.15) is 6.04 Å². The molecule has 0 unspecified atom stereocenters. The van der Waals surface area contributed by atoms with E-state index in [2.05, 4.69) is 24.0 Å². The Morgan fingerprint density at radius 1 is 1.00 bits per heavy atom. The monoisotopic (exact) mass is 400 g/mol. The fraction of sp³-hybridized carbons (Fsp3) is 0.680. The van der Waals surface area contributed by atoms with E-state index in [1.54, 1.807) is 0 Å². The molecular formula is C25H42N3O+. The zero-order valence-electron chi connectivity index (χ0n) is 18.5. The third-order valence-electron chi connectivity index (χ3n) is 6.19. The average molecular weight is 401 g/mol. The Morgan fingerprint density at radius 2 is 1.59 bits per heavy atom. The molecule has 1 aliphatic rings. The minimum atomic E-state index is 0.0505. The van der Waals surface area contributed by atoms with Crippen molar-refractivity contribution in [2.45, 2.75) is 96.4 Å². The Bertz CT molecular complexity index is 611. The van der Waals surface area contributed by atoms with Gasteiger partial charge in [-0.15, -0.1) is 0 Å². The molecule has 1 atom stereocenters. The van der Waals surface area contributed by atoms with Crippen LogP contribution in [0.4, 0.5) is 0 Å². The Balaban J connectivity index is 1.61. The van der Waals surface area contributed by atoms with Crippen LogP contribution < -0.4 is 11.1 Å². The van der Waals surface area contributed by atoms with Crippen molar-refractivity contribution in [1.29, 1.82) is 0 Å². The van der Waals surface area contributed by atoms with E-state index in [0.29, 0.717) is 12.4 Å². The van der Waals surface area contributed by atoms with Gasteiger partial charge in [-0.3, -0.25) is 20.8 Å². The van der Waals surface area contributed by atoms with Crippen LogP contribution in [0.3, 0.4) is 0 Å². The van der Waals surface area contributed by atoms with Crippen LogP contribution in [0.15, 0.2) is 24.3 Å². The van der Waals surface area contributed by atoms with E-state index in [0.717, 1.165) is 31.4 Å². The number of hydrogen-bond acceptors (Lipinski definition) is 2. The summed E-state index contributed by atoms with van der Waals surface area (Å²) >= 11 is 0. The first-order valence-corrected chi connectivity index (χ1v) is 11.9. The maximum Gasteiger partial charge on any atom is 0.255 e. The van der Waals surface area contributed by atoms with Crippen molar-refractivity contribution < 1.29 is 10.2 Å². The number of rotatable bonds is 15. The second-order valence-electron chi connectivity index (χ2n) is 8.68. The largest absolute Gasteiger partial charge is 0.293 e. The molecule has 1 saturated heterocycles. The van der Waals surface area contributed by atoms with Gasteiger partial charge in [0.15, 0.2) is 5.78 Å². The molecule has 0 amide bonds. The second kappa shape index (κ2) is 13.5. The smallest absolute Gasteiger partial charge is 0.255 e. The molecule has 1 fully saturated rings. The molecule has 4 nitrogen and oxygen atoms in total. The first-order valence-electron chi connectivity index (χ1n) is 11.9. The Hall–Kier alpha value is -1.68. The van der Waals surface area contributed by atoms with Crippen LogP contribution in [-0.4, -0.2) is 35.7 Å². The van der Waals surface area contributed by atoms with Crippen LogP contribution in [0.25, 0.3) is 0 Å². The molecule has 0 aromatic heterocycles. The lowest BCUT2D eigenvalue weighted by atomic mass is 10.0. The number of amidine groups is 1. The predicted molar refractivity (Wildman–Crippen MR) is 122 cm³/mol. The number of nitrogens with two attached hydrogens (primary N) is 2. The number of nitrogens with zero attached hydrogens (tertiary/aromatic N) is 1. The van der Waals surface area contributed by atoms with Gasteiger partial charge < -0.3 is 0 Å². The second-order valence-corrected chi connectivity index (χ2v) is 8.68. The summed E-state index contributed by atoms with van der Waals surface area (Å²) in [6.07, 6.45) is 16.7. The van der Waals surface area contributed by atoms with Gasteiger partial charge in [0.25, 0.3) is 5.84 Å². The van der Waals surface area contributed by atoms with E-state index in [1.807, 2.05) is 12.1 Å². The van der Waals surface area contributed by atoms with E-state index in [9.17, 15) is 4.79 Å². The third kappa shape index (κ3) is 8.69. The van der Waals surface area contributed by atoms with Crippen LogP contribution in [0.1, 0.15) is 99.9 Å². The molecule has 1 heterocycles. The predicted octanol–water partition coefficient (Wildman–Crippen LogP) is 3.91. The molecule has 1 aliphatic heterocycles. The van der Waals surface area contributed by atoms with E-state index >= 15 is 0 Å². The van der Waals surface area contributed by atoms with Crippen LogP contribution in [0.5, 0.6) is 0 Å². The lowest BCUT2D eigenvalue weighted by molar-refractivity contribution is -0.122. The first kappa shape index (κ1) is 23.6. The molecule has 29 heavy (non-hydrogen) atoms.